The maximum absolute atomic E-state index is 12.0. The van der Waals surface area contributed by atoms with Crippen LogP contribution in [0, 0.1) is 0 Å². The molecule has 0 aliphatic heterocycles. The molecule has 0 spiro atoms. The van der Waals surface area contributed by atoms with E-state index in [2.05, 4.69) is 22.2 Å². The van der Waals surface area contributed by atoms with E-state index in [0.29, 0.717) is 17.5 Å². The van der Waals surface area contributed by atoms with Crippen molar-refractivity contribution in [3.8, 4) is 5.75 Å². The summed E-state index contributed by atoms with van der Waals surface area (Å²) in [5.74, 6) is 2.52. The summed E-state index contributed by atoms with van der Waals surface area (Å²) in [5, 5.41) is 3.32. The standard InChI is InChI=1S/C17H21N3O3S2/c1-3-24-10-13-8-15(21)20-17(19-13)25-11-16(22)18-9-12-4-6-14(23-2)7-5-12/h4-8H,3,9-11H2,1-2H3,(H,18,22)(H,19,20,21). The van der Waals surface area contributed by atoms with Gasteiger partial charge in [0, 0.05) is 18.4 Å². The first-order valence-corrected chi connectivity index (χ1v) is 9.95. The minimum Gasteiger partial charge on any atom is -0.497 e. The molecule has 2 rings (SSSR count). The molecule has 1 heterocycles. The Morgan fingerprint density at radius 3 is 2.76 bits per heavy atom. The second-order valence-corrected chi connectivity index (χ2v) is 7.33. The number of ether oxygens (including phenoxy) is 1. The third kappa shape index (κ3) is 6.83. The van der Waals surface area contributed by atoms with Crippen molar-refractivity contribution < 1.29 is 9.53 Å². The van der Waals surface area contributed by atoms with Crippen molar-refractivity contribution in [2.75, 3.05) is 18.6 Å². The maximum Gasteiger partial charge on any atom is 0.251 e. The molecule has 0 saturated carbocycles. The lowest BCUT2D eigenvalue weighted by Gasteiger charge is -2.07. The maximum atomic E-state index is 12.0. The lowest BCUT2D eigenvalue weighted by Crippen LogP contribution is -2.24. The van der Waals surface area contributed by atoms with E-state index in [0.717, 1.165) is 22.8 Å². The van der Waals surface area contributed by atoms with Crippen molar-refractivity contribution >= 4 is 29.4 Å². The second kappa shape index (κ2) is 10.1. The number of thioether (sulfide) groups is 2. The molecular formula is C17H21N3O3S2. The van der Waals surface area contributed by atoms with Crippen LogP contribution < -0.4 is 15.6 Å². The first-order valence-electron chi connectivity index (χ1n) is 7.81. The number of aromatic amines is 1. The molecule has 2 aromatic rings. The largest absolute Gasteiger partial charge is 0.497 e. The van der Waals surface area contributed by atoms with Gasteiger partial charge in [-0.1, -0.05) is 30.8 Å². The van der Waals surface area contributed by atoms with Gasteiger partial charge in [0.2, 0.25) is 5.91 Å². The van der Waals surface area contributed by atoms with Gasteiger partial charge in [0.25, 0.3) is 5.56 Å². The number of rotatable bonds is 9. The highest BCUT2D eigenvalue weighted by atomic mass is 32.2. The van der Waals surface area contributed by atoms with E-state index in [1.54, 1.807) is 18.9 Å². The van der Waals surface area contributed by atoms with Gasteiger partial charge in [-0.3, -0.25) is 9.59 Å². The van der Waals surface area contributed by atoms with Crippen LogP contribution in [-0.4, -0.2) is 34.5 Å². The predicted molar refractivity (Wildman–Crippen MR) is 102 cm³/mol. The number of amides is 1. The molecule has 0 bridgehead atoms. The van der Waals surface area contributed by atoms with Crippen LogP contribution in [0.3, 0.4) is 0 Å². The summed E-state index contributed by atoms with van der Waals surface area (Å²) in [6.45, 7) is 2.50. The van der Waals surface area contributed by atoms with E-state index in [1.165, 1.54) is 17.8 Å². The van der Waals surface area contributed by atoms with Gasteiger partial charge in [-0.2, -0.15) is 11.8 Å². The summed E-state index contributed by atoms with van der Waals surface area (Å²) in [5.41, 5.74) is 1.53. The third-order valence-corrected chi connectivity index (χ3v) is 5.00. The Hall–Kier alpha value is -1.93. The number of benzene rings is 1. The highest BCUT2D eigenvalue weighted by Gasteiger charge is 2.07. The van der Waals surface area contributed by atoms with E-state index < -0.39 is 0 Å². The first-order chi connectivity index (χ1) is 12.1. The van der Waals surface area contributed by atoms with Crippen LogP contribution in [0.1, 0.15) is 18.2 Å². The molecule has 1 aromatic heterocycles. The number of carbonyl (C=O) groups excluding carboxylic acids is 1. The highest BCUT2D eigenvalue weighted by molar-refractivity contribution is 7.99. The molecule has 8 heteroatoms. The molecule has 0 radical (unpaired) electrons. The lowest BCUT2D eigenvalue weighted by atomic mass is 10.2. The van der Waals surface area contributed by atoms with Crippen molar-refractivity contribution in [1.29, 1.82) is 0 Å². The molecule has 0 atom stereocenters. The van der Waals surface area contributed by atoms with Gasteiger partial charge in [-0.05, 0) is 23.4 Å². The minimum atomic E-state index is -0.192. The van der Waals surface area contributed by atoms with E-state index in [9.17, 15) is 9.59 Å². The van der Waals surface area contributed by atoms with Gasteiger partial charge < -0.3 is 15.0 Å². The molecular weight excluding hydrogens is 358 g/mol. The fourth-order valence-corrected chi connectivity index (χ4v) is 3.25. The molecule has 25 heavy (non-hydrogen) atoms. The quantitative estimate of drug-likeness (QED) is 0.514. The highest BCUT2D eigenvalue weighted by Crippen LogP contribution is 2.14. The van der Waals surface area contributed by atoms with Gasteiger partial charge >= 0.3 is 0 Å². The zero-order valence-electron chi connectivity index (χ0n) is 14.2. The fraction of sp³-hybridized carbons (Fsp3) is 0.353. The summed E-state index contributed by atoms with van der Waals surface area (Å²) in [4.78, 5) is 30.7. The Kier molecular flexibility index (Phi) is 7.87. The Bertz CT molecular complexity index is 748. The van der Waals surface area contributed by atoms with Crippen molar-refractivity contribution in [2.45, 2.75) is 24.4 Å². The second-order valence-electron chi connectivity index (χ2n) is 5.09. The Labute approximate surface area is 155 Å². The summed E-state index contributed by atoms with van der Waals surface area (Å²) in [7, 11) is 1.61. The number of hydrogen-bond donors (Lipinski definition) is 2. The summed E-state index contributed by atoms with van der Waals surface area (Å²) in [6, 6.07) is 9.01. The molecule has 0 fully saturated rings. The molecule has 0 saturated heterocycles. The van der Waals surface area contributed by atoms with Gasteiger partial charge in [0.05, 0.1) is 18.6 Å². The number of nitrogens with one attached hydrogen (secondary N) is 2. The lowest BCUT2D eigenvalue weighted by molar-refractivity contribution is -0.118. The van der Waals surface area contributed by atoms with Gasteiger partial charge in [-0.15, -0.1) is 0 Å². The number of aromatic nitrogens is 2. The summed E-state index contributed by atoms with van der Waals surface area (Å²) in [6.07, 6.45) is 0. The normalized spacial score (nSPS) is 10.5. The van der Waals surface area contributed by atoms with Gasteiger partial charge in [-0.25, -0.2) is 4.98 Å². The smallest absolute Gasteiger partial charge is 0.251 e. The van der Waals surface area contributed by atoms with Crippen molar-refractivity contribution in [1.82, 2.24) is 15.3 Å². The van der Waals surface area contributed by atoms with Gasteiger partial charge in [0.1, 0.15) is 5.75 Å². The first kappa shape index (κ1) is 19.4. The molecule has 0 unspecified atom stereocenters. The van der Waals surface area contributed by atoms with Crippen LogP contribution >= 0.6 is 23.5 Å². The van der Waals surface area contributed by atoms with Crippen molar-refractivity contribution in [3.63, 3.8) is 0 Å². The molecule has 1 aromatic carbocycles. The zero-order valence-corrected chi connectivity index (χ0v) is 15.8. The average Bonchev–Trinajstić information content (AvgIpc) is 2.63. The fourth-order valence-electron chi connectivity index (χ4n) is 1.96. The molecule has 1 amide bonds. The van der Waals surface area contributed by atoms with Crippen LogP contribution in [0.25, 0.3) is 0 Å². The number of methoxy groups -OCH3 is 1. The van der Waals surface area contributed by atoms with Crippen LogP contribution in [0.2, 0.25) is 0 Å². The predicted octanol–water partition coefficient (Wildman–Crippen LogP) is 2.44. The minimum absolute atomic E-state index is 0.114. The van der Waals surface area contributed by atoms with Crippen LogP contribution in [0.4, 0.5) is 0 Å². The summed E-state index contributed by atoms with van der Waals surface area (Å²) >= 11 is 2.92. The van der Waals surface area contributed by atoms with Crippen LogP contribution in [0.15, 0.2) is 40.3 Å². The van der Waals surface area contributed by atoms with Crippen molar-refractivity contribution in [2.24, 2.45) is 0 Å². The number of carbonyl (C=O) groups is 1. The zero-order chi connectivity index (χ0) is 18.1. The molecule has 6 nitrogen and oxygen atoms in total. The topological polar surface area (TPSA) is 84.1 Å². The van der Waals surface area contributed by atoms with E-state index in [-0.39, 0.29) is 17.2 Å². The molecule has 0 aliphatic carbocycles. The third-order valence-electron chi connectivity index (χ3n) is 3.22. The van der Waals surface area contributed by atoms with Crippen LogP contribution in [-0.2, 0) is 17.1 Å². The SMILES string of the molecule is CCSCc1cc(=O)[nH]c(SCC(=O)NCc2ccc(OC)cc2)n1. The average molecular weight is 380 g/mol. The van der Waals surface area contributed by atoms with E-state index in [1.807, 2.05) is 24.3 Å². The van der Waals surface area contributed by atoms with E-state index in [4.69, 9.17) is 4.74 Å². The van der Waals surface area contributed by atoms with Crippen LogP contribution in [0.5, 0.6) is 5.75 Å². The Morgan fingerprint density at radius 2 is 2.08 bits per heavy atom. The molecule has 0 aliphatic rings. The Morgan fingerprint density at radius 1 is 1.32 bits per heavy atom. The number of nitrogens with zero attached hydrogens (tertiary/aromatic N) is 1. The summed E-state index contributed by atoms with van der Waals surface area (Å²) < 4.78 is 5.10. The van der Waals surface area contributed by atoms with Crippen molar-refractivity contribution in [3.05, 3.63) is 51.9 Å². The number of hydrogen-bond acceptors (Lipinski definition) is 6. The monoisotopic (exact) mass is 379 g/mol. The Balaban J connectivity index is 1.82. The number of H-pyrrole nitrogens is 1. The van der Waals surface area contributed by atoms with E-state index >= 15 is 0 Å². The molecule has 2 N–H and O–H groups in total. The molecule has 134 valence electrons. The van der Waals surface area contributed by atoms with Gasteiger partial charge in [0.15, 0.2) is 5.16 Å².